The highest BCUT2D eigenvalue weighted by Gasteiger charge is 2.06. The highest BCUT2D eigenvalue weighted by atomic mass is 32.2. The molecule has 0 aliphatic heterocycles. The van der Waals surface area contributed by atoms with Gasteiger partial charge in [0.15, 0.2) is 5.78 Å². The van der Waals surface area contributed by atoms with Crippen molar-refractivity contribution in [2.24, 2.45) is 5.14 Å². The Balaban J connectivity index is 1.99. The summed E-state index contributed by atoms with van der Waals surface area (Å²) in [7, 11) is -3.70. The van der Waals surface area contributed by atoms with Gasteiger partial charge in [0.05, 0.1) is 4.90 Å². The molecule has 0 spiro atoms. The summed E-state index contributed by atoms with van der Waals surface area (Å²) in [6, 6.07) is 13.4. The Bertz CT molecular complexity index is 808. The number of carbonyl (C=O) groups excluding carboxylic acids is 1. The molecule has 0 aliphatic rings. The van der Waals surface area contributed by atoms with Crippen LogP contribution in [0.5, 0.6) is 0 Å². The van der Waals surface area contributed by atoms with Crippen LogP contribution < -0.4 is 10.5 Å². The first-order valence-corrected chi connectivity index (χ1v) is 8.64. The summed E-state index contributed by atoms with van der Waals surface area (Å²) in [6.07, 6.45) is 3.87. The van der Waals surface area contributed by atoms with E-state index >= 15 is 0 Å². The van der Waals surface area contributed by atoms with Gasteiger partial charge in [0.2, 0.25) is 10.0 Å². The number of nitrogens with one attached hydrogen (secondary N) is 1. The number of allylic oxidation sites excluding steroid dienone is 1. The molecule has 0 bridgehead atoms. The van der Waals surface area contributed by atoms with Crippen molar-refractivity contribution in [1.29, 1.82) is 0 Å². The van der Waals surface area contributed by atoms with Crippen molar-refractivity contribution in [3.05, 3.63) is 71.9 Å². The number of benzene rings is 2. The maximum atomic E-state index is 12.0. The lowest BCUT2D eigenvalue weighted by molar-refractivity contribution is 0.104. The number of sulfonamides is 1. The van der Waals surface area contributed by atoms with Gasteiger partial charge < -0.3 is 5.32 Å². The third-order valence-corrected chi connectivity index (χ3v) is 4.24. The predicted octanol–water partition coefficient (Wildman–Crippen LogP) is 2.70. The van der Waals surface area contributed by atoms with E-state index in [0.717, 1.165) is 6.42 Å². The second kappa shape index (κ2) is 7.21. The molecule has 2 aromatic carbocycles. The fourth-order valence-electron chi connectivity index (χ4n) is 1.96. The number of nitrogens with two attached hydrogens (primary N) is 1. The van der Waals surface area contributed by atoms with Crippen LogP contribution in [0.15, 0.2) is 65.7 Å². The van der Waals surface area contributed by atoms with Crippen LogP contribution in [0.1, 0.15) is 22.8 Å². The van der Waals surface area contributed by atoms with E-state index in [4.69, 9.17) is 5.14 Å². The molecule has 0 aromatic heterocycles. The number of hydrogen-bond donors (Lipinski definition) is 2. The van der Waals surface area contributed by atoms with Crippen molar-refractivity contribution in [3.63, 3.8) is 0 Å². The van der Waals surface area contributed by atoms with Gasteiger partial charge in [-0.2, -0.15) is 0 Å². The van der Waals surface area contributed by atoms with Crippen molar-refractivity contribution in [2.75, 3.05) is 5.32 Å². The molecule has 23 heavy (non-hydrogen) atoms. The van der Waals surface area contributed by atoms with E-state index in [-0.39, 0.29) is 10.7 Å². The van der Waals surface area contributed by atoms with Gasteiger partial charge in [0.25, 0.3) is 0 Å². The fourth-order valence-corrected chi connectivity index (χ4v) is 2.47. The number of rotatable bonds is 6. The zero-order valence-electron chi connectivity index (χ0n) is 12.7. The molecule has 0 atom stereocenters. The molecule has 0 unspecified atom stereocenters. The molecular formula is C17H18N2O3S. The first-order chi connectivity index (χ1) is 10.9. The largest absolute Gasteiger partial charge is 0.362 e. The molecule has 6 heteroatoms. The Kier molecular flexibility index (Phi) is 5.31. The molecule has 0 heterocycles. The van der Waals surface area contributed by atoms with Crippen LogP contribution in [0.3, 0.4) is 0 Å². The van der Waals surface area contributed by atoms with Crippen molar-refractivity contribution in [3.8, 4) is 0 Å². The first-order valence-electron chi connectivity index (χ1n) is 7.09. The number of ketones is 1. The van der Waals surface area contributed by atoms with Crippen LogP contribution in [0, 0.1) is 0 Å². The molecule has 0 fully saturated rings. The van der Waals surface area contributed by atoms with Crippen LogP contribution in [0.2, 0.25) is 0 Å². The van der Waals surface area contributed by atoms with E-state index in [2.05, 4.69) is 12.2 Å². The third-order valence-electron chi connectivity index (χ3n) is 3.31. The lowest BCUT2D eigenvalue weighted by atomic mass is 10.1. The molecule has 120 valence electrons. The Labute approximate surface area is 135 Å². The maximum absolute atomic E-state index is 12.0. The smallest absolute Gasteiger partial charge is 0.238 e. The van der Waals surface area contributed by atoms with Crippen LogP contribution in [-0.2, 0) is 16.4 Å². The monoisotopic (exact) mass is 330 g/mol. The second-order valence-corrected chi connectivity index (χ2v) is 6.52. The van der Waals surface area contributed by atoms with Gasteiger partial charge in [-0.3, -0.25) is 4.79 Å². The minimum Gasteiger partial charge on any atom is -0.362 e. The van der Waals surface area contributed by atoms with E-state index in [1.807, 2.05) is 12.1 Å². The predicted molar refractivity (Wildman–Crippen MR) is 90.7 cm³/mol. The van der Waals surface area contributed by atoms with Crippen molar-refractivity contribution in [2.45, 2.75) is 18.2 Å². The summed E-state index contributed by atoms with van der Waals surface area (Å²) in [4.78, 5) is 12.0. The minimum absolute atomic E-state index is 0.0409. The molecular weight excluding hydrogens is 312 g/mol. The van der Waals surface area contributed by atoms with Crippen molar-refractivity contribution in [1.82, 2.24) is 0 Å². The molecule has 2 rings (SSSR count). The molecule has 0 amide bonds. The molecule has 2 aromatic rings. The van der Waals surface area contributed by atoms with Gasteiger partial charge in [0, 0.05) is 23.5 Å². The second-order valence-electron chi connectivity index (χ2n) is 4.96. The lowest BCUT2D eigenvalue weighted by Gasteiger charge is -2.02. The zero-order valence-corrected chi connectivity index (χ0v) is 13.5. The van der Waals surface area contributed by atoms with Crippen molar-refractivity contribution >= 4 is 21.5 Å². The van der Waals surface area contributed by atoms with E-state index < -0.39 is 10.0 Å². The highest BCUT2D eigenvalue weighted by molar-refractivity contribution is 7.89. The zero-order chi connectivity index (χ0) is 16.9. The number of carbonyl (C=O) groups is 1. The Hall–Kier alpha value is -2.44. The van der Waals surface area contributed by atoms with Crippen LogP contribution in [0.25, 0.3) is 0 Å². The van der Waals surface area contributed by atoms with E-state index in [1.54, 1.807) is 24.3 Å². The van der Waals surface area contributed by atoms with Gasteiger partial charge in [0.1, 0.15) is 0 Å². The summed E-state index contributed by atoms with van der Waals surface area (Å²) < 4.78 is 22.3. The first kappa shape index (κ1) is 16.9. The average Bonchev–Trinajstić information content (AvgIpc) is 2.54. The SMILES string of the molecule is CCc1ccc(C(=O)/C=C/Nc2ccc(S(N)(=O)=O)cc2)cc1. The molecule has 0 saturated carbocycles. The maximum Gasteiger partial charge on any atom is 0.238 e. The Morgan fingerprint density at radius 2 is 1.70 bits per heavy atom. The highest BCUT2D eigenvalue weighted by Crippen LogP contribution is 2.13. The van der Waals surface area contributed by atoms with Crippen LogP contribution >= 0.6 is 0 Å². The third kappa shape index (κ3) is 4.77. The van der Waals surface area contributed by atoms with E-state index in [9.17, 15) is 13.2 Å². The van der Waals surface area contributed by atoms with Crippen molar-refractivity contribution < 1.29 is 13.2 Å². The van der Waals surface area contributed by atoms with E-state index in [1.165, 1.54) is 30.0 Å². The lowest BCUT2D eigenvalue weighted by Crippen LogP contribution is -2.11. The van der Waals surface area contributed by atoms with Crippen LogP contribution in [-0.4, -0.2) is 14.2 Å². The number of hydrogen-bond acceptors (Lipinski definition) is 4. The Morgan fingerprint density at radius 3 is 2.22 bits per heavy atom. The van der Waals surface area contributed by atoms with Gasteiger partial charge >= 0.3 is 0 Å². The average molecular weight is 330 g/mol. The standard InChI is InChI=1S/C17H18N2O3S/c1-2-13-3-5-14(6-4-13)17(20)11-12-19-15-7-9-16(10-8-15)23(18,21)22/h3-12,19H,2H2,1H3,(H2,18,21,22)/b12-11+. The Morgan fingerprint density at radius 1 is 1.09 bits per heavy atom. The summed E-state index contributed by atoms with van der Waals surface area (Å²) in [5.41, 5.74) is 2.45. The minimum atomic E-state index is -3.70. The van der Waals surface area contributed by atoms with Gasteiger partial charge in [-0.1, -0.05) is 31.2 Å². The molecule has 0 aliphatic carbocycles. The quantitative estimate of drug-likeness (QED) is 0.629. The summed E-state index contributed by atoms with van der Waals surface area (Å²) >= 11 is 0. The normalized spacial score (nSPS) is 11.6. The number of primary sulfonamides is 1. The van der Waals surface area contributed by atoms with Gasteiger partial charge in [-0.05, 0) is 36.2 Å². The number of anilines is 1. The molecule has 5 nitrogen and oxygen atoms in total. The topological polar surface area (TPSA) is 89.3 Å². The molecule has 0 radical (unpaired) electrons. The summed E-state index contributed by atoms with van der Waals surface area (Å²) in [6.45, 7) is 2.06. The summed E-state index contributed by atoms with van der Waals surface area (Å²) in [5.74, 6) is -0.110. The fraction of sp³-hybridized carbons (Fsp3) is 0.118. The van der Waals surface area contributed by atoms with E-state index in [0.29, 0.717) is 11.3 Å². The van der Waals surface area contributed by atoms with Crippen LogP contribution in [0.4, 0.5) is 5.69 Å². The van der Waals surface area contributed by atoms with Gasteiger partial charge in [-0.25, -0.2) is 13.6 Å². The summed E-state index contributed by atoms with van der Waals surface area (Å²) in [5, 5.41) is 7.93. The van der Waals surface area contributed by atoms with Gasteiger partial charge in [-0.15, -0.1) is 0 Å². The molecule has 0 saturated heterocycles. The number of aryl methyl sites for hydroxylation is 1. The molecule has 3 N–H and O–H groups in total.